The number of methoxy groups -OCH3 is 2. The first-order valence-electron chi connectivity index (χ1n) is 10.6. The van der Waals surface area contributed by atoms with Crippen molar-refractivity contribution < 1.29 is 18.8 Å². The standard InChI is InChI=1S/C23H28N4O4S/c1-26(13-16-8-9-18(29-2)19(12-16)30-3)23(28)17-6-4-10-27(14-17)15-21-24-22(25-31-21)20-7-5-11-32-20/h5,7-9,11-12,17H,4,6,10,13-15H2,1-3H3. The number of likely N-dealkylation sites (tertiary alicyclic amines) is 1. The molecule has 3 heterocycles. The third kappa shape index (κ3) is 5.11. The molecule has 0 spiro atoms. The highest BCUT2D eigenvalue weighted by molar-refractivity contribution is 7.13. The van der Waals surface area contributed by atoms with Gasteiger partial charge in [0.25, 0.3) is 0 Å². The van der Waals surface area contributed by atoms with Crippen LogP contribution >= 0.6 is 11.3 Å². The number of carbonyl (C=O) groups excluding carboxylic acids is 1. The largest absolute Gasteiger partial charge is 0.493 e. The summed E-state index contributed by atoms with van der Waals surface area (Å²) in [5, 5.41) is 6.07. The summed E-state index contributed by atoms with van der Waals surface area (Å²) in [5.74, 6) is 2.64. The maximum Gasteiger partial charge on any atom is 0.241 e. The number of amides is 1. The molecule has 0 bridgehead atoms. The Labute approximate surface area is 191 Å². The highest BCUT2D eigenvalue weighted by atomic mass is 32.1. The fourth-order valence-corrected chi connectivity index (χ4v) is 4.71. The molecule has 4 rings (SSSR count). The molecule has 1 unspecified atom stereocenters. The molecule has 1 aliphatic heterocycles. The van der Waals surface area contributed by atoms with Crippen molar-refractivity contribution >= 4 is 17.2 Å². The summed E-state index contributed by atoms with van der Waals surface area (Å²) < 4.78 is 16.1. The first-order chi connectivity index (χ1) is 15.6. The molecule has 32 heavy (non-hydrogen) atoms. The van der Waals surface area contributed by atoms with Crippen molar-refractivity contribution in [1.82, 2.24) is 19.9 Å². The molecule has 1 saturated heterocycles. The number of benzene rings is 1. The maximum atomic E-state index is 13.1. The number of rotatable bonds is 8. The van der Waals surface area contributed by atoms with Gasteiger partial charge in [-0.15, -0.1) is 11.3 Å². The maximum absolute atomic E-state index is 13.1. The van der Waals surface area contributed by atoms with Crippen molar-refractivity contribution in [1.29, 1.82) is 0 Å². The Morgan fingerprint density at radius 2 is 2.12 bits per heavy atom. The van der Waals surface area contributed by atoms with Crippen LogP contribution in [-0.4, -0.2) is 60.2 Å². The van der Waals surface area contributed by atoms with Crippen LogP contribution in [0, 0.1) is 5.92 Å². The molecule has 0 aliphatic carbocycles. The predicted molar refractivity (Wildman–Crippen MR) is 122 cm³/mol. The minimum Gasteiger partial charge on any atom is -0.493 e. The number of thiophene rings is 1. The zero-order valence-electron chi connectivity index (χ0n) is 18.6. The smallest absolute Gasteiger partial charge is 0.241 e. The predicted octanol–water partition coefficient (Wildman–Crippen LogP) is 3.69. The van der Waals surface area contributed by atoms with Gasteiger partial charge in [-0.05, 0) is 48.5 Å². The summed E-state index contributed by atoms with van der Waals surface area (Å²) in [6.07, 6.45) is 1.85. The van der Waals surface area contributed by atoms with Gasteiger partial charge in [-0.3, -0.25) is 9.69 Å². The monoisotopic (exact) mass is 456 g/mol. The van der Waals surface area contributed by atoms with E-state index in [0.29, 0.717) is 42.8 Å². The summed E-state index contributed by atoms with van der Waals surface area (Å²) >= 11 is 1.58. The summed E-state index contributed by atoms with van der Waals surface area (Å²) in [4.78, 5) is 22.6. The van der Waals surface area contributed by atoms with Gasteiger partial charge in [0.2, 0.25) is 17.6 Å². The molecular weight excluding hydrogens is 428 g/mol. The topological polar surface area (TPSA) is 80.9 Å². The fourth-order valence-electron chi connectivity index (χ4n) is 4.06. The Morgan fingerprint density at radius 1 is 1.28 bits per heavy atom. The summed E-state index contributed by atoms with van der Waals surface area (Å²) in [6.45, 7) is 2.68. The van der Waals surface area contributed by atoms with E-state index in [1.54, 1.807) is 30.5 Å². The molecule has 2 aromatic heterocycles. The minimum atomic E-state index is -0.0476. The van der Waals surface area contributed by atoms with Crippen LogP contribution in [-0.2, 0) is 17.9 Å². The van der Waals surface area contributed by atoms with E-state index in [1.807, 2.05) is 42.8 Å². The first-order valence-corrected chi connectivity index (χ1v) is 11.5. The average molecular weight is 457 g/mol. The molecule has 170 valence electrons. The number of nitrogens with zero attached hydrogens (tertiary/aromatic N) is 4. The van der Waals surface area contributed by atoms with E-state index < -0.39 is 0 Å². The van der Waals surface area contributed by atoms with Gasteiger partial charge in [-0.2, -0.15) is 4.98 Å². The molecule has 1 aromatic carbocycles. The summed E-state index contributed by atoms with van der Waals surface area (Å²) in [6, 6.07) is 9.68. The lowest BCUT2D eigenvalue weighted by atomic mass is 9.96. The SMILES string of the molecule is COc1ccc(CN(C)C(=O)C2CCCN(Cc3nc(-c4cccs4)no3)C2)cc1OC. The second-order valence-corrected chi connectivity index (χ2v) is 8.89. The normalized spacial score (nSPS) is 16.7. The Hall–Kier alpha value is -2.91. The van der Waals surface area contributed by atoms with Gasteiger partial charge in [0.1, 0.15) is 0 Å². The lowest BCUT2D eigenvalue weighted by Crippen LogP contribution is -2.43. The second-order valence-electron chi connectivity index (χ2n) is 7.95. The van der Waals surface area contributed by atoms with Gasteiger partial charge in [-0.1, -0.05) is 17.3 Å². The molecule has 9 heteroatoms. The van der Waals surface area contributed by atoms with E-state index in [9.17, 15) is 4.79 Å². The molecule has 0 radical (unpaired) electrons. The number of hydrogen-bond donors (Lipinski definition) is 0. The lowest BCUT2D eigenvalue weighted by molar-refractivity contribution is -0.136. The highest BCUT2D eigenvalue weighted by Gasteiger charge is 2.29. The Kier molecular flexibility index (Phi) is 7.06. The number of piperidine rings is 1. The van der Waals surface area contributed by atoms with Crippen LogP contribution in [0.5, 0.6) is 11.5 Å². The molecule has 8 nitrogen and oxygen atoms in total. The van der Waals surface area contributed by atoms with Crippen molar-refractivity contribution in [2.45, 2.75) is 25.9 Å². The number of aromatic nitrogens is 2. The van der Waals surface area contributed by atoms with E-state index in [1.165, 1.54) is 0 Å². The highest BCUT2D eigenvalue weighted by Crippen LogP contribution is 2.28. The molecule has 0 N–H and O–H groups in total. The lowest BCUT2D eigenvalue weighted by Gasteiger charge is -2.33. The van der Waals surface area contributed by atoms with Crippen LogP contribution in [0.2, 0.25) is 0 Å². The molecular formula is C23H28N4O4S. The zero-order chi connectivity index (χ0) is 22.5. The van der Waals surface area contributed by atoms with E-state index in [4.69, 9.17) is 14.0 Å². The van der Waals surface area contributed by atoms with Gasteiger partial charge in [0.05, 0.1) is 31.6 Å². The van der Waals surface area contributed by atoms with Crippen LogP contribution in [0.25, 0.3) is 10.7 Å². The third-order valence-corrected chi connectivity index (χ3v) is 6.53. The third-order valence-electron chi connectivity index (χ3n) is 5.67. The van der Waals surface area contributed by atoms with Gasteiger partial charge in [0, 0.05) is 20.1 Å². The van der Waals surface area contributed by atoms with E-state index >= 15 is 0 Å². The van der Waals surface area contributed by atoms with Gasteiger partial charge in [0.15, 0.2) is 11.5 Å². The van der Waals surface area contributed by atoms with Crippen LogP contribution in [0.15, 0.2) is 40.2 Å². The van der Waals surface area contributed by atoms with E-state index in [-0.39, 0.29) is 11.8 Å². The second kappa shape index (κ2) is 10.1. The molecule has 1 atom stereocenters. The summed E-state index contributed by atoms with van der Waals surface area (Å²) in [5.41, 5.74) is 0.998. The fraction of sp³-hybridized carbons (Fsp3) is 0.435. The van der Waals surface area contributed by atoms with Crippen LogP contribution in [0.1, 0.15) is 24.3 Å². The van der Waals surface area contributed by atoms with Crippen LogP contribution in [0.3, 0.4) is 0 Å². The zero-order valence-corrected chi connectivity index (χ0v) is 19.4. The van der Waals surface area contributed by atoms with Crippen LogP contribution in [0.4, 0.5) is 0 Å². The molecule has 0 saturated carbocycles. The molecule has 1 fully saturated rings. The summed E-state index contributed by atoms with van der Waals surface area (Å²) in [7, 11) is 5.07. The Bertz CT molecular complexity index is 1040. The van der Waals surface area contributed by atoms with Crippen molar-refractivity contribution in [2.24, 2.45) is 5.92 Å². The number of carbonyl (C=O) groups is 1. The van der Waals surface area contributed by atoms with Crippen LogP contribution < -0.4 is 9.47 Å². The van der Waals surface area contributed by atoms with E-state index in [2.05, 4.69) is 15.0 Å². The average Bonchev–Trinajstić information content (AvgIpc) is 3.51. The van der Waals surface area contributed by atoms with Crippen molar-refractivity contribution in [2.75, 3.05) is 34.4 Å². The molecule has 1 aliphatic rings. The molecule has 1 amide bonds. The van der Waals surface area contributed by atoms with Gasteiger partial charge in [-0.25, -0.2) is 0 Å². The molecule has 3 aromatic rings. The van der Waals surface area contributed by atoms with Crippen molar-refractivity contribution in [3.63, 3.8) is 0 Å². The van der Waals surface area contributed by atoms with Crippen molar-refractivity contribution in [3.05, 3.63) is 47.2 Å². The Balaban J connectivity index is 1.35. The minimum absolute atomic E-state index is 0.0476. The Morgan fingerprint density at radius 3 is 2.88 bits per heavy atom. The van der Waals surface area contributed by atoms with Crippen molar-refractivity contribution in [3.8, 4) is 22.2 Å². The van der Waals surface area contributed by atoms with E-state index in [0.717, 1.165) is 29.8 Å². The number of hydrogen-bond acceptors (Lipinski definition) is 8. The quantitative estimate of drug-likeness (QED) is 0.511. The van der Waals surface area contributed by atoms with Gasteiger partial charge >= 0.3 is 0 Å². The van der Waals surface area contributed by atoms with Gasteiger partial charge < -0.3 is 18.9 Å². The number of ether oxygens (including phenoxy) is 2. The first kappa shape index (κ1) is 22.3.